The molecule has 0 N–H and O–H groups in total. The highest BCUT2D eigenvalue weighted by atomic mass is 32.2. The van der Waals surface area contributed by atoms with Crippen molar-refractivity contribution in [3.8, 4) is 23.0 Å². The molecule has 0 fully saturated rings. The van der Waals surface area contributed by atoms with Crippen LogP contribution >= 0.6 is 0 Å². The summed E-state index contributed by atoms with van der Waals surface area (Å²) in [4.78, 5) is 65.5. The molecular weight excluding hydrogens is 1900 g/mol. The summed E-state index contributed by atoms with van der Waals surface area (Å²) in [5.74, 6) is -12.5. The third-order valence-electron chi connectivity index (χ3n) is 14.8. The summed E-state index contributed by atoms with van der Waals surface area (Å²) in [5, 5.41) is -16.8. The minimum absolute atomic E-state index is 0. The summed E-state index contributed by atoms with van der Waals surface area (Å²) < 4.78 is 333. The second kappa shape index (κ2) is 56.4. The van der Waals surface area contributed by atoms with Crippen molar-refractivity contribution in [2.45, 2.75) is 40.7 Å². The molecule has 0 bridgehead atoms. The molecule has 0 aromatic heterocycles. The zero-order valence-corrected chi connectivity index (χ0v) is 75.6. The van der Waals surface area contributed by atoms with Gasteiger partial charge < -0.3 is 74.7 Å². The van der Waals surface area contributed by atoms with Crippen LogP contribution in [0, 0.1) is 44.6 Å². The van der Waals surface area contributed by atoms with Crippen LogP contribution in [0.1, 0.15) is 50.9 Å². The van der Waals surface area contributed by atoms with Gasteiger partial charge in [-0.15, -0.1) is 0 Å². The summed E-state index contributed by atoms with van der Waals surface area (Å²) in [6.45, 7) is 18.2. The summed E-state index contributed by atoms with van der Waals surface area (Å²) >= 11 is 0. The van der Waals surface area contributed by atoms with Gasteiger partial charge in [0, 0.05) is 51.0 Å². The molecule has 34 nitrogen and oxygen atoms in total. The number of rotatable bonds is 38. The number of alkyl halides is 8. The molecule has 8 aromatic rings. The molecule has 132 heavy (non-hydrogen) atoms. The molecule has 8 aromatic carbocycles. The normalized spacial score (nSPS) is 11.1. The Hall–Kier alpha value is -13.1. The summed E-state index contributed by atoms with van der Waals surface area (Å²) in [7, 11) is -33.7. The highest BCUT2D eigenvalue weighted by molar-refractivity contribution is 7.88. The molecule has 0 heterocycles. The lowest BCUT2D eigenvalue weighted by atomic mass is 10.0. The molecule has 0 saturated carbocycles. The lowest BCUT2D eigenvalue weighted by Crippen LogP contribution is -2.39. The summed E-state index contributed by atoms with van der Waals surface area (Å²) in [6, 6.07) is 48.2. The highest BCUT2D eigenvalue weighted by Gasteiger charge is 2.51. The van der Waals surface area contributed by atoms with Crippen LogP contribution in [0.5, 0.6) is 23.0 Å². The standard InChI is InChI=1S/C15H12F2O5S.C15H14O5S.C13H14F2O6S.2C12H12F2O6S.C11H12O6S.6CH3/c1-2-10-3-5-13-8-11(4-6-12(13)7-10)9-22-14(18)15(16,17)23(19,20)21;1-2-12-7-11(8-13-5-3-4-6-14(12)13)9-20-15(16)10-21(17,18)19;1-2-10-4-6-11(7-5-10)20-8-3-9-21-12(16)13(14,15)22(17,18)19;2*1-2-9-3-5-10(6-4-9)19-7-8-20-11(15)12(13,14)21(16,17)18;1-2-9-3-5-10(6-4-9)16-8-17-11(12)7-18(13,14)15;;;;;;/h2-8H,1,9H2,(H,19,20,21);2-8H,1,9-10H2,(H,17,18,19);2,4-7H,1,3,8-9H2,(H,17,18,19);2*2-6H,1,7-8H2,(H,16,17,18);2-6H,1,7-8H2,(H,13,14,15);6*1H3/q;;;;;;6*+1/p-6. The Morgan fingerprint density at radius 3 is 0.962 bits per heavy atom. The maximum absolute atomic E-state index is 13.0. The number of hydrogen-bond acceptors (Lipinski definition) is 34. The zero-order valence-electron chi connectivity index (χ0n) is 70.7. The lowest BCUT2D eigenvalue weighted by Gasteiger charge is -2.18. The second-order valence-electron chi connectivity index (χ2n) is 24.0. The minimum atomic E-state index is -6.12. The average Bonchev–Trinajstić information content (AvgIpc) is 0.812. The third kappa shape index (κ3) is 42.6. The average molecular weight is 1990 g/mol. The Balaban J connectivity index is -0.000000739. The number of carbonyl (C=O) groups is 6. The topological polar surface area (TPSA) is 538 Å². The van der Waals surface area contributed by atoms with E-state index in [4.69, 9.17) is 23.7 Å². The second-order valence-corrected chi connectivity index (χ2v) is 32.4. The maximum atomic E-state index is 13.0. The number of halogens is 8. The van der Waals surface area contributed by atoms with E-state index in [2.05, 4.69) is 63.2 Å². The van der Waals surface area contributed by atoms with Crippen LogP contribution in [-0.4, -0.2) is 193 Å². The molecule has 0 radical (unpaired) electrons. The smallest absolute Gasteiger partial charge is 0.428 e. The summed E-state index contributed by atoms with van der Waals surface area (Å²) in [6.07, 6.45) is 9.92. The maximum Gasteiger partial charge on any atom is 0.428 e. The molecule has 48 heteroatoms. The van der Waals surface area contributed by atoms with Crippen molar-refractivity contribution in [1.29, 1.82) is 0 Å². The van der Waals surface area contributed by atoms with Crippen LogP contribution in [0.15, 0.2) is 209 Å². The number of hydrogen-bond donors (Lipinski definition) is 0. The first kappa shape index (κ1) is 125. The highest BCUT2D eigenvalue weighted by Crippen LogP contribution is 2.29. The Kier molecular flexibility index (Phi) is 53.5. The molecule has 720 valence electrons. The molecule has 0 aliphatic carbocycles. The molecule has 0 atom stereocenters. The predicted molar refractivity (Wildman–Crippen MR) is 466 cm³/mol. The molecule has 0 saturated heterocycles. The number of benzene rings is 8. The molecule has 0 amide bonds. The molecule has 8 rings (SSSR count). The van der Waals surface area contributed by atoms with Crippen molar-refractivity contribution in [2.24, 2.45) is 0 Å². The number of carbonyl (C=O) groups excluding carboxylic acids is 6. The van der Waals surface area contributed by atoms with E-state index < -0.39 is 162 Å². The number of esters is 6. The van der Waals surface area contributed by atoms with E-state index in [-0.39, 0.29) is 77.4 Å². The van der Waals surface area contributed by atoms with Gasteiger partial charge in [0.2, 0.25) is 6.79 Å². The van der Waals surface area contributed by atoms with E-state index in [9.17, 15) is 142 Å². The first-order chi connectivity index (χ1) is 58.5. The van der Waals surface area contributed by atoms with Crippen molar-refractivity contribution >= 4 is 155 Å². The fourth-order valence-corrected chi connectivity index (χ4v) is 10.4. The van der Waals surface area contributed by atoms with Gasteiger partial charge in [0.05, 0.1) is 13.2 Å². The molecular formula is C84H88F8O34S6. The van der Waals surface area contributed by atoms with Crippen LogP contribution in [0.2, 0.25) is 0 Å². The summed E-state index contributed by atoms with van der Waals surface area (Å²) in [5.41, 5.74) is 6.33. The Morgan fingerprint density at radius 1 is 0.303 bits per heavy atom. The first-order valence-electron chi connectivity index (χ1n) is 34.4. The van der Waals surface area contributed by atoms with Gasteiger partial charge in [-0.2, -0.15) is 35.1 Å². The quantitative estimate of drug-likeness (QED) is 0.00659. The van der Waals surface area contributed by atoms with E-state index in [0.29, 0.717) is 34.1 Å². The predicted octanol–water partition coefficient (Wildman–Crippen LogP) is 12.8. The van der Waals surface area contributed by atoms with Gasteiger partial charge in [0.25, 0.3) is 0 Å². The van der Waals surface area contributed by atoms with Crippen LogP contribution in [0.4, 0.5) is 35.1 Å². The van der Waals surface area contributed by atoms with E-state index in [1.165, 1.54) is 6.07 Å². The van der Waals surface area contributed by atoms with Gasteiger partial charge in [0.1, 0.15) is 94.4 Å². The van der Waals surface area contributed by atoms with E-state index in [1.807, 2.05) is 36.4 Å². The van der Waals surface area contributed by atoms with Crippen molar-refractivity contribution in [3.63, 3.8) is 0 Å². The minimum Gasteiger partial charge on any atom is -0.748 e. The SMILES string of the molecule is C=Cc1cc(COC(=O)CS(=O)(=O)[O-])cc2ccccc12.C=Cc1ccc(OCCCOC(=O)C(F)(F)S(=O)(=O)[O-])cc1.C=Cc1ccc(OCCOC(=O)C(F)(F)S(=O)(=O)[O-])cc1.C=Cc1ccc(OCCOC(=O)C(F)(F)S(=O)(=O)[O-])cc1.C=Cc1ccc(OCOC(=O)CS(=O)(=O)[O-])cc1.C=Cc1ccc2cc(COC(=O)C(F)(F)S(=O)(=O)[O-])ccc2c1.[CH3+].[CH3+].[CH3+].[CH3+].[CH3+].[CH3+]. The van der Waals surface area contributed by atoms with E-state index in [1.54, 1.807) is 164 Å². The van der Waals surface area contributed by atoms with Crippen LogP contribution < -0.4 is 18.9 Å². The van der Waals surface area contributed by atoms with Crippen LogP contribution in [-0.2, 0) is 131 Å². The van der Waals surface area contributed by atoms with E-state index in [0.717, 1.165) is 54.9 Å². The monoisotopic (exact) mass is 1980 g/mol. The van der Waals surface area contributed by atoms with Crippen LogP contribution in [0.3, 0.4) is 0 Å². The number of ether oxygens (including phenoxy) is 10. The van der Waals surface area contributed by atoms with Crippen molar-refractivity contribution in [3.05, 3.63) is 298 Å². The molecule has 0 spiro atoms. The van der Waals surface area contributed by atoms with Gasteiger partial charge in [-0.1, -0.05) is 173 Å². The Labute approximate surface area is 759 Å². The third-order valence-corrected chi connectivity index (χ3v) is 19.1. The Bertz CT molecular complexity index is 5780. The van der Waals surface area contributed by atoms with Gasteiger partial charge in [-0.05, 0) is 139 Å². The van der Waals surface area contributed by atoms with Crippen molar-refractivity contribution < 1.29 is 189 Å². The van der Waals surface area contributed by atoms with Crippen LogP contribution in [0.25, 0.3) is 58.0 Å². The molecule has 0 unspecified atom stereocenters. The Morgan fingerprint density at radius 2 is 0.606 bits per heavy atom. The van der Waals surface area contributed by atoms with E-state index >= 15 is 0 Å². The molecule has 0 aliphatic heterocycles. The zero-order chi connectivity index (χ0) is 95.3. The first-order valence-corrected chi connectivity index (χ1v) is 43.2. The largest absolute Gasteiger partial charge is 0.748 e. The van der Waals surface area contributed by atoms with Gasteiger partial charge in [-0.3, -0.25) is 9.59 Å². The fourth-order valence-electron chi connectivity index (χ4n) is 8.58. The molecule has 0 aliphatic rings. The van der Waals surface area contributed by atoms with Gasteiger partial charge >= 0.3 is 56.8 Å². The van der Waals surface area contributed by atoms with Crippen molar-refractivity contribution in [1.82, 2.24) is 0 Å². The fraction of sp³-hybridized carbons (Fsp3) is 0.190. The van der Waals surface area contributed by atoms with Gasteiger partial charge in [0.15, 0.2) is 40.5 Å². The lowest BCUT2D eigenvalue weighted by molar-refractivity contribution is -0.163. The number of fused-ring (bicyclic) bond motifs is 2. The van der Waals surface area contributed by atoms with Crippen molar-refractivity contribution in [2.75, 3.05) is 57.9 Å². The van der Waals surface area contributed by atoms with Gasteiger partial charge in [-0.25, -0.2) is 69.7 Å².